The number of hydrogen-bond acceptors (Lipinski definition) is 4. The molecule has 1 unspecified atom stereocenters. The third-order valence-corrected chi connectivity index (χ3v) is 4.02. The fourth-order valence-corrected chi connectivity index (χ4v) is 2.90. The van der Waals surface area contributed by atoms with Crippen LogP contribution in [0.15, 0.2) is 0 Å². The van der Waals surface area contributed by atoms with Gasteiger partial charge < -0.3 is 15.6 Å². The van der Waals surface area contributed by atoms with Crippen LogP contribution in [0.2, 0.25) is 0 Å². The number of hydrogen-bond donors (Lipinski definition) is 2. The Morgan fingerprint density at radius 3 is 2.44 bits per heavy atom. The van der Waals surface area contributed by atoms with E-state index in [0.29, 0.717) is 6.42 Å². The number of nitrogens with two attached hydrogens (primary N) is 1. The van der Waals surface area contributed by atoms with Gasteiger partial charge in [0.15, 0.2) is 0 Å². The van der Waals surface area contributed by atoms with Gasteiger partial charge in [-0.15, -0.1) is 0 Å². The Bertz CT molecular complexity index is 331. The molecule has 0 bridgehead atoms. The molecule has 0 aromatic rings. The van der Waals surface area contributed by atoms with Crippen LogP contribution in [0.5, 0.6) is 0 Å². The van der Waals surface area contributed by atoms with Crippen LogP contribution < -0.4 is 5.73 Å². The fraction of sp³-hybridized carbons (Fsp3) is 0.833. The van der Waals surface area contributed by atoms with Crippen molar-refractivity contribution in [1.29, 1.82) is 0 Å². The first kappa shape index (κ1) is 13.3. The lowest BCUT2D eigenvalue weighted by molar-refractivity contribution is -0.154. The molecule has 1 spiro atoms. The van der Waals surface area contributed by atoms with Gasteiger partial charge in [-0.2, -0.15) is 0 Å². The summed E-state index contributed by atoms with van der Waals surface area (Å²) >= 11 is 0. The summed E-state index contributed by atoms with van der Waals surface area (Å²) in [5.74, 6) is -1.30. The van der Waals surface area contributed by atoms with E-state index in [-0.39, 0.29) is 11.8 Å². The summed E-state index contributed by atoms with van der Waals surface area (Å²) in [6.07, 6.45) is 2.44. The van der Waals surface area contributed by atoms with Gasteiger partial charge in [-0.25, -0.2) is 0 Å². The zero-order valence-corrected chi connectivity index (χ0v) is 10.4. The van der Waals surface area contributed by atoms with E-state index in [2.05, 4.69) is 0 Å². The molecule has 3 N–H and O–H groups in total. The second-order valence-electron chi connectivity index (χ2n) is 5.38. The van der Waals surface area contributed by atoms with Crippen LogP contribution in [0.4, 0.5) is 0 Å². The molecule has 6 nitrogen and oxygen atoms in total. The highest BCUT2D eigenvalue weighted by Gasteiger charge is 2.47. The Kier molecular flexibility index (Phi) is 3.87. The van der Waals surface area contributed by atoms with Crippen molar-refractivity contribution in [2.45, 2.75) is 31.7 Å². The fourth-order valence-electron chi connectivity index (χ4n) is 2.90. The Balaban J connectivity index is 1.86. The van der Waals surface area contributed by atoms with Gasteiger partial charge in [0.05, 0.1) is 0 Å². The number of carboxylic acid groups (broad SMARTS) is 1. The van der Waals surface area contributed by atoms with E-state index in [0.717, 1.165) is 39.1 Å². The Morgan fingerprint density at radius 2 is 1.94 bits per heavy atom. The van der Waals surface area contributed by atoms with E-state index in [1.165, 1.54) is 0 Å². The Labute approximate surface area is 106 Å². The highest BCUT2D eigenvalue weighted by atomic mass is 16.5. The van der Waals surface area contributed by atoms with Crippen molar-refractivity contribution in [2.24, 2.45) is 11.1 Å². The van der Waals surface area contributed by atoms with Gasteiger partial charge in [-0.1, -0.05) is 0 Å². The molecule has 2 aliphatic heterocycles. The number of ether oxygens (including phenoxy) is 1. The third kappa shape index (κ3) is 2.81. The smallest absolute Gasteiger partial charge is 0.320 e. The van der Waals surface area contributed by atoms with Crippen LogP contribution in [0.1, 0.15) is 25.7 Å². The number of rotatable bonds is 5. The maximum absolute atomic E-state index is 11.2. The second kappa shape index (κ2) is 5.24. The minimum Gasteiger partial charge on any atom is -0.480 e. The van der Waals surface area contributed by atoms with Crippen LogP contribution in [-0.2, 0) is 14.3 Å². The normalized spacial score (nSPS) is 24.4. The highest BCUT2D eigenvalue weighted by Crippen LogP contribution is 2.41. The molecule has 18 heavy (non-hydrogen) atoms. The average molecular weight is 256 g/mol. The van der Waals surface area contributed by atoms with Crippen molar-refractivity contribution in [3.63, 3.8) is 0 Å². The van der Waals surface area contributed by atoms with Crippen LogP contribution in [-0.4, -0.2) is 54.2 Å². The van der Waals surface area contributed by atoms with E-state index < -0.39 is 17.9 Å². The number of carbonyl (C=O) groups is 2. The Morgan fingerprint density at radius 1 is 1.33 bits per heavy atom. The summed E-state index contributed by atoms with van der Waals surface area (Å²) in [6, 6.07) is -0.578. The molecule has 0 aromatic carbocycles. The van der Waals surface area contributed by atoms with Crippen molar-refractivity contribution in [1.82, 2.24) is 4.90 Å². The van der Waals surface area contributed by atoms with Crippen molar-refractivity contribution < 1.29 is 19.4 Å². The molecule has 1 atom stereocenters. The SMILES string of the molecule is NC(=O)CCC(C(=O)O)N1CC2(CCOCC2)C1. The maximum atomic E-state index is 11.2. The third-order valence-electron chi connectivity index (χ3n) is 4.02. The molecule has 2 aliphatic rings. The van der Waals surface area contributed by atoms with Gasteiger partial charge in [-0.3, -0.25) is 14.5 Å². The summed E-state index contributed by atoms with van der Waals surface area (Å²) < 4.78 is 5.33. The second-order valence-corrected chi connectivity index (χ2v) is 5.38. The summed E-state index contributed by atoms with van der Waals surface area (Å²) in [4.78, 5) is 23.9. The van der Waals surface area contributed by atoms with Gasteiger partial charge in [0.1, 0.15) is 6.04 Å². The summed E-state index contributed by atoms with van der Waals surface area (Å²) in [5, 5.41) is 9.19. The first-order valence-electron chi connectivity index (χ1n) is 6.35. The van der Waals surface area contributed by atoms with Crippen LogP contribution in [0, 0.1) is 5.41 Å². The molecule has 0 radical (unpaired) electrons. The van der Waals surface area contributed by atoms with Crippen LogP contribution in [0.25, 0.3) is 0 Å². The summed E-state index contributed by atoms with van der Waals surface area (Å²) in [6.45, 7) is 3.14. The molecule has 2 fully saturated rings. The van der Waals surface area contributed by atoms with Gasteiger partial charge in [0, 0.05) is 38.1 Å². The number of carbonyl (C=O) groups excluding carboxylic acids is 1. The van der Waals surface area contributed by atoms with Crippen LogP contribution >= 0.6 is 0 Å². The molecule has 0 aromatic heterocycles. The largest absolute Gasteiger partial charge is 0.480 e. The molecule has 2 heterocycles. The monoisotopic (exact) mass is 256 g/mol. The molecule has 0 saturated carbocycles. The number of carboxylic acids is 1. The van der Waals surface area contributed by atoms with E-state index in [4.69, 9.17) is 10.5 Å². The number of nitrogens with zero attached hydrogens (tertiary/aromatic N) is 1. The van der Waals surface area contributed by atoms with Crippen molar-refractivity contribution in [3.8, 4) is 0 Å². The quantitative estimate of drug-likeness (QED) is 0.711. The first-order valence-corrected chi connectivity index (χ1v) is 6.35. The molecule has 1 amide bonds. The predicted octanol–water partition coefficient (Wildman–Crippen LogP) is -0.183. The highest BCUT2D eigenvalue weighted by molar-refractivity contribution is 5.77. The van der Waals surface area contributed by atoms with Crippen molar-refractivity contribution >= 4 is 11.9 Å². The molecule has 2 rings (SSSR count). The standard InChI is InChI=1S/C12H20N2O4/c13-10(15)2-1-9(11(16)17)14-7-12(8-14)3-5-18-6-4-12/h9H,1-8H2,(H2,13,15)(H,16,17). The summed E-state index contributed by atoms with van der Waals surface area (Å²) in [5.41, 5.74) is 5.32. The molecular formula is C12H20N2O4. The number of aliphatic carboxylic acids is 1. The Hall–Kier alpha value is -1.14. The van der Waals surface area contributed by atoms with E-state index in [1.807, 2.05) is 4.90 Å². The minimum atomic E-state index is -0.863. The van der Waals surface area contributed by atoms with Gasteiger partial charge in [0.2, 0.25) is 5.91 Å². The van der Waals surface area contributed by atoms with Gasteiger partial charge in [0.25, 0.3) is 0 Å². The van der Waals surface area contributed by atoms with Gasteiger partial charge >= 0.3 is 5.97 Å². The van der Waals surface area contributed by atoms with E-state index >= 15 is 0 Å². The molecule has 6 heteroatoms. The van der Waals surface area contributed by atoms with Crippen molar-refractivity contribution in [2.75, 3.05) is 26.3 Å². The van der Waals surface area contributed by atoms with E-state index in [9.17, 15) is 14.7 Å². The average Bonchev–Trinajstić information content (AvgIpc) is 2.27. The lowest BCUT2D eigenvalue weighted by Crippen LogP contribution is -2.63. The first-order chi connectivity index (χ1) is 8.52. The van der Waals surface area contributed by atoms with Crippen molar-refractivity contribution in [3.05, 3.63) is 0 Å². The van der Waals surface area contributed by atoms with Crippen LogP contribution in [0.3, 0.4) is 0 Å². The topological polar surface area (TPSA) is 92.9 Å². The zero-order valence-electron chi connectivity index (χ0n) is 10.4. The lowest BCUT2D eigenvalue weighted by atomic mass is 9.72. The summed E-state index contributed by atoms with van der Waals surface area (Å²) in [7, 11) is 0. The molecule has 2 saturated heterocycles. The van der Waals surface area contributed by atoms with E-state index in [1.54, 1.807) is 0 Å². The minimum absolute atomic E-state index is 0.129. The lowest BCUT2D eigenvalue weighted by Gasteiger charge is -2.54. The molecule has 102 valence electrons. The predicted molar refractivity (Wildman–Crippen MR) is 63.9 cm³/mol. The number of likely N-dealkylation sites (tertiary alicyclic amines) is 1. The zero-order chi connectivity index (χ0) is 13.2. The molecule has 0 aliphatic carbocycles. The number of primary amides is 1. The number of amides is 1. The maximum Gasteiger partial charge on any atom is 0.320 e. The molecular weight excluding hydrogens is 236 g/mol. The van der Waals surface area contributed by atoms with Gasteiger partial charge in [-0.05, 0) is 19.3 Å².